The Labute approximate surface area is 192 Å². The minimum atomic E-state index is -0.842. The number of aromatic nitrogens is 6. The average Bonchev–Trinajstić information content (AvgIpc) is 3.29. The van der Waals surface area contributed by atoms with Crippen LogP contribution in [0.4, 0.5) is 8.78 Å². The third-order valence-electron chi connectivity index (χ3n) is 4.76. The molecule has 4 aromatic rings. The normalized spacial score (nSPS) is 11.1. The van der Waals surface area contributed by atoms with E-state index in [0.29, 0.717) is 33.9 Å². The highest BCUT2D eigenvalue weighted by Gasteiger charge is 2.17. The SMILES string of the molecule is CC(C)c1nnnn1-c1cc(C(=O)NCc2ncc(F)cc2F)cc(-c2ccc(Cl)cn2)c1. The molecule has 0 bridgehead atoms. The number of pyridine rings is 2. The summed E-state index contributed by atoms with van der Waals surface area (Å²) in [5.41, 5.74) is 1.95. The third-order valence-corrected chi connectivity index (χ3v) is 4.98. The van der Waals surface area contributed by atoms with Crippen molar-refractivity contribution in [3.8, 4) is 16.9 Å². The van der Waals surface area contributed by atoms with E-state index < -0.39 is 17.5 Å². The van der Waals surface area contributed by atoms with E-state index in [2.05, 4.69) is 30.8 Å². The van der Waals surface area contributed by atoms with Gasteiger partial charge in [-0.15, -0.1) is 5.10 Å². The molecule has 0 saturated carbocycles. The summed E-state index contributed by atoms with van der Waals surface area (Å²) in [6, 6.07) is 9.19. The molecule has 0 aliphatic heterocycles. The summed E-state index contributed by atoms with van der Waals surface area (Å²) < 4.78 is 28.5. The van der Waals surface area contributed by atoms with E-state index >= 15 is 0 Å². The predicted octanol–water partition coefficient (Wildman–Crippen LogP) is 4.10. The van der Waals surface area contributed by atoms with Crippen molar-refractivity contribution in [3.63, 3.8) is 0 Å². The van der Waals surface area contributed by atoms with Crippen molar-refractivity contribution in [1.82, 2.24) is 35.5 Å². The first kappa shape index (κ1) is 22.4. The fourth-order valence-electron chi connectivity index (χ4n) is 3.14. The van der Waals surface area contributed by atoms with Gasteiger partial charge in [-0.1, -0.05) is 25.4 Å². The van der Waals surface area contributed by atoms with Crippen molar-refractivity contribution in [2.75, 3.05) is 0 Å². The Morgan fingerprint density at radius 1 is 1.12 bits per heavy atom. The van der Waals surface area contributed by atoms with Crippen LogP contribution in [-0.2, 0) is 6.54 Å². The summed E-state index contributed by atoms with van der Waals surface area (Å²) in [7, 11) is 0. The lowest BCUT2D eigenvalue weighted by Gasteiger charge is -2.12. The number of benzene rings is 1. The molecule has 3 aromatic heterocycles. The van der Waals surface area contributed by atoms with E-state index in [4.69, 9.17) is 11.6 Å². The van der Waals surface area contributed by atoms with Crippen molar-refractivity contribution in [1.29, 1.82) is 0 Å². The molecule has 0 aliphatic rings. The van der Waals surface area contributed by atoms with Crippen LogP contribution in [0.5, 0.6) is 0 Å². The zero-order valence-electron chi connectivity index (χ0n) is 17.6. The molecule has 0 aliphatic carbocycles. The molecule has 8 nitrogen and oxygen atoms in total. The number of tetrazole rings is 1. The molecule has 1 N–H and O–H groups in total. The summed E-state index contributed by atoms with van der Waals surface area (Å²) in [5.74, 6) is -1.48. The molecule has 33 heavy (non-hydrogen) atoms. The molecule has 3 heterocycles. The van der Waals surface area contributed by atoms with Crippen LogP contribution >= 0.6 is 11.6 Å². The van der Waals surface area contributed by atoms with Crippen molar-refractivity contribution < 1.29 is 13.6 Å². The lowest BCUT2D eigenvalue weighted by molar-refractivity contribution is 0.0950. The molecule has 0 spiro atoms. The lowest BCUT2D eigenvalue weighted by Crippen LogP contribution is -2.24. The Kier molecular flexibility index (Phi) is 6.36. The second-order valence-corrected chi connectivity index (χ2v) is 7.93. The molecule has 0 saturated heterocycles. The van der Waals surface area contributed by atoms with Gasteiger partial charge in [-0.2, -0.15) is 4.68 Å². The summed E-state index contributed by atoms with van der Waals surface area (Å²) in [5, 5.41) is 15.0. The smallest absolute Gasteiger partial charge is 0.251 e. The molecule has 0 fully saturated rings. The molecule has 0 unspecified atom stereocenters. The first-order chi connectivity index (χ1) is 15.8. The van der Waals surface area contributed by atoms with Gasteiger partial charge in [-0.25, -0.2) is 8.78 Å². The molecule has 1 aromatic carbocycles. The van der Waals surface area contributed by atoms with Crippen LogP contribution in [0.3, 0.4) is 0 Å². The highest BCUT2D eigenvalue weighted by Crippen LogP contribution is 2.25. The molecule has 168 valence electrons. The van der Waals surface area contributed by atoms with E-state index in [-0.39, 0.29) is 23.7 Å². The Morgan fingerprint density at radius 3 is 2.64 bits per heavy atom. The first-order valence-electron chi connectivity index (χ1n) is 9.95. The zero-order chi connectivity index (χ0) is 23.5. The van der Waals surface area contributed by atoms with E-state index in [9.17, 15) is 13.6 Å². The van der Waals surface area contributed by atoms with E-state index in [0.717, 1.165) is 6.20 Å². The Hall–Kier alpha value is -3.79. The summed E-state index contributed by atoms with van der Waals surface area (Å²) >= 11 is 5.95. The molecule has 4 rings (SSSR count). The standard InChI is InChI=1S/C22H18ClF2N7O/c1-12(2)21-29-30-31-32(21)17-6-13(19-4-3-15(23)9-26-19)5-14(7-17)22(33)28-11-20-18(25)8-16(24)10-27-20/h3-10,12H,11H2,1-2H3,(H,28,33). The molecule has 0 radical (unpaired) electrons. The Balaban J connectivity index is 1.71. The molecule has 1 amide bonds. The number of carbonyl (C=O) groups excluding carboxylic acids is 1. The van der Waals surface area contributed by atoms with Gasteiger partial charge in [0.25, 0.3) is 5.91 Å². The van der Waals surface area contributed by atoms with Gasteiger partial charge in [0.15, 0.2) is 5.82 Å². The van der Waals surface area contributed by atoms with Gasteiger partial charge in [0, 0.05) is 29.3 Å². The quantitative estimate of drug-likeness (QED) is 0.456. The van der Waals surface area contributed by atoms with E-state index in [1.165, 1.54) is 6.20 Å². The number of hydrogen-bond acceptors (Lipinski definition) is 6. The van der Waals surface area contributed by atoms with Crippen molar-refractivity contribution in [2.24, 2.45) is 0 Å². The third kappa shape index (κ3) is 5.01. The topological polar surface area (TPSA) is 98.5 Å². The number of halogens is 3. The summed E-state index contributed by atoms with van der Waals surface area (Å²) in [4.78, 5) is 20.9. The van der Waals surface area contributed by atoms with Crippen LogP contribution in [0.2, 0.25) is 5.02 Å². The van der Waals surface area contributed by atoms with Gasteiger partial charge in [0.1, 0.15) is 11.6 Å². The van der Waals surface area contributed by atoms with Gasteiger partial charge in [-0.3, -0.25) is 14.8 Å². The summed E-state index contributed by atoms with van der Waals surface area (Å²) in [6.07, 6.45) is 2.39. The monoisotopic (exact) mass is 469 g/mol. The van der Waals surface area contributed by atoms with E-state index in [1.54, 1.807) is 35.0 Å². The molecular weight excluding hydrogens is 452 g/mol. The number of carbonyl (C=O) groups is 1. The van der Waals surface area contributed by atoms with Crippen molar-refractivity contribution >= 4 is 17.5 Å². The highest BCUT2D eigenvalue weighted by atomic mass is 35.5. The fraction of sp³-hybridized carbons (Fsp3) is 0.182. The van der Waals surface area contributed by atoms with Crippen LogP contribution < -0.4 is 5.32 Å². The van der Waals surface area contributed by atoms with Crippen LogP contribution in [0, 0.1) is 11.6 Å². The van der Waals surface area contributed by atoms with Crippen LogP contribution in [0.1, 0.15) is 41.6 Å². The highest BCUT2D eigenvalue weighted by molar-refractivity contribution is 6.30. The van der Waals surface area contributed by atoms with Gasteiger partial charge >= 0.3 is 0 Å². The first-order valence-corrected chi connectivity index (χ1v) is 10.3. The average molecular weight is 470 g/mol. The largest absolute Gasteiger partial charge is 0.346 e. The fourth-order valence-corrected chi connectivity index (χ4v) is 3.25. The number of amides is 1. The molecule has 0 atom stereocenters. The number of nitrogens with zero attached hydrogens (tertiary/aromatic N) is 6. The van der Waals surface area contributed by atoms with Gasteiger partial charge < -0.3 is 5.32 Å². The second-order valence-electron chi connectivity index (χ2n) is 7.50. The van der Waals surface area contributed by atoms with Crippen molar-refractivity contribution in [3.05, 3.63) is 82.5 Å². The van der Waals surface area contributed by atoms with Crippen molar-refractivity contribution in [2.45, 2.75) is 26.3 Å². The number of nitrogens with one attached hydrogen (secondary N) is 1. The minimum absolute atomic E-state index is 0.0297. The van der Waals surface area contributed by atoms with Gasteiger partial charge in [0.05, 0.1) is 34.8 Å². The Bertz CT molecular complexity index is 1310. The van der Waals surface area contributed by atoms with Gasteiger partial charge in [-0.05, 0) is 40.8 Å². The molecule has 11 heteroatoms. The summed E-state index contributed by atoms with van der Waals surface area (Å²) in [6.45, 7) is 3.68. The van der Waals surface area contributed by atoms with Crippen LogP contribution in [0.25, 0.3) is 16.9 Å². The van der Waals surface area contributed by atoms with Crippen LogP contribution in [0.15, 0.2) is 48.8 Å². The lowest BCUT2D eigenvalue weighted by atomic mass is 10.0. The maximum absolute atomic E-state index is 13.9. The van der Waals surface area contributed by atoms with Crippen LogP contribution in [-0.4, -0.2) is 36.1 Å². The maximum atomic E-state index is 13.9. The molecular formula is C22H18ClF2N7O. The minimum Gasteiger partial charge on any atom is -0.346 e. The Morgan fingerprint density at radius 2 is 1.94 bits per heavy atom. The number of hydrogen-bond donors (Lipinski definition) is 1. The zero-order valence-corrected chi connectivity index (χ0v) is 18.4. The second kappa shape index (κ2) is 9.37. The maximum Gasteiger partial charge on any atom is 0.251 e. The number of rotatable bonds is 6. The van der Waals surface area contributed by atoms with Gasteiger partial charge in [0.2, 0.25) is 0 Å². The predicted molar refractivity (Wildman–Crippen MR) is 117 cm³/mol. The van der Waals surface area contributed by atoms with E-state index in [1.807, 2.05) is 13.8 Å².